The molecule has 62 valence electrons. The van der Waals surface area contributed by atoms with Gasteiger partial charge in [-0.3, -0.25) is 0 Å². The topological polar surface area (TPSA) is 17.3 Å². The maximum Gasteiger partial charge on any atom is 0.0862 e. The van der Waals surface area contributed by atoms with Crippen molar-refractivity contribution in [3.63, 3.8) is 0 Å². The van der Waals surface area contributed by atoms with Crippen molar-refractivity contribution >= 4 is 33.0 Å². The highest BCUT2D eigenvalue weighted by molar-refractivity contribution is 9.10. The van der Waals surface area contributed by atoms with Crippen LogP contribution < -0.4 is 0 Å². The highest BCUT2D eigenvalue weighted by Gasteiger charge is 2.04. The number of aryl methyl sites for hydroxylation is 1. The lowest BCUT2D eigenvalue weighted by Crippen LogP contribution is -1.86. The molecule has 2 heterocycles. The van der Waals surface area contributed by atoms with Gasteiger partial charge in [0, 0.05) is 10.7 Å². The summed E-state index contributed by atoms with van der Waals surface area (Å²) in [5.41, 5.74) is 1.90. The predicted octanol–water partition coefficient (Wildman–Crippen LogP) is 3.06. The van der Waals surface area contributed by atoms with E-state index in [1.165, 1.54) is 0 Å². The molecule has 0 spiro atoms. The monoisotopic (exact) mass is 244 g/mol. The largest absolute Gasteiger partial charge is 0.239 e. The minimum absolute atomic E-state index is 0.707. The van der Waals surface area contributed by atoms with E-state index in [9.17, 15) is 0 Å². The third-order valence-electron chi connectivity index (χ3n) is 1.65. The minimum atomic E-state index is 0.707. The Morgan fingerprint density at radius 2 is 2.33 bits per heavy atom. The Morgan fingerprint density at radius 1 is 1.58 bits per heavy atom. The molecule has 2 nitrogen and oxygen atoms in total. The normalized spacial score (nSPS) is 10.9. The van der Waals surface area contributed by atoms with Crippen LogP contribution in [-0.4, -0.2) is 9.61 Å². The SMILES string of the molecule is Cc1cc2c(Cl)c(Br)ccn2n1. The minimum Gasteiger partial charge on any atom is -0.239 e. The summed E-state index contributed by atoms with van der Waals surface area (Å²) in [6.07, 6.45) is 1.87. The van der Waals surface area contributed by atoms with Crippen molar-refractivity contribution in [3.8, 4) is 0 Å². The first-order valence-electron chi connectivity index (χ1n) is 3.48. The third-order valence-corrected chi connectivity index (χ3v) is 2.94. The fourth-order valence-electron chi connectivity index (χ4n) is 1.13. The van der Waals surface area contributed by atoms with Crippen LogP contribution in [0.5, 0.6) is 0 Å². The summed E-state index contributed by atoms with van der Waals surface area (Å²) in [6, 6.07) is 3.83. The van der Waals surface area contributed by atoms with Gasteiger partial charge in [-0.25, -0.2) is 4.52 Å². The molecule has 4 heteroatoms. The zero-order valence-electron chi connectivity index (χ0n) is 6.38. The van der Waals surface area contributed by atoms with Crippen molar-refractivity contribution in [2.75, 3.05) is 0 Å². The number of aromatic nitrogens is 2. The summed E-state index contributed by atoms with van der Waals surface area (Å²) in [5, 5.41) is 4.93. The van der Waals surface area contributed by atoms with Crippen LogP contribution in [0.2, 0.25) is 5.02 Å². The van der Waals surface area contributed by atoms with Crippen LogP contribution in [0.15, 0.2) is 22.8 Å². The lowest BCUT2D eigenvalue weighted by Gasteiger charge is -1.97. The van der Waals surface area contributed by atoms with Crippen molar-refractivity contribution in [1.82, 2.24) is 9.61 Å². The van der Waals surface area contributed by atoms with Gasteiger partial charge in [-0.05, 0) is 35.0 Å². The maximum absolute atomic E-state index is 6.03. The van der Waals surface area contributed by atoms with Crippen molar-refractivity contribution in [2.45, 2.75) is 6.92 Å². The molecule has 0 saturated heterocycles. The highest BCUT2D eigenvalue weighted by Crippen LogP contribution is 2.26. The molecule has 0 atom stereocenters. The maximum atomic E-state index is 6.03. The molecule has 0 bridgehead atoms. The van der Waals surface area contributed by atoms with Gasteiger partial charge >= 0.3 is 0 Å². The molecule has 0 fully saturated rings. The van der Waals surface area contributed by atoms with E-state index in [4.69, 9.17) is 11.6 Å². The molecule has 0 radical (unpaired) electrons. The average Bonchev–Trinajstić information content (AvgIpc) is 2.39. The highest BCUT2D eigenvalue weighted by atomic mass is 79.9. The number of halogens is 2. The molecule has 0 amide bonds. The van der Waals surface area contributed by atoms with E-state index in [-0.39, 0.29) is 0 Å². The van der Waals surface area contributed by atoms with E-state index in [1.54, 1.807) is 4.52 Å². The van der Waals surface area contributed by atoms with Crippen LogP contribution >= 0.6 is 27.5 Å². The lowest BCUT2D eigenvalue weighted by atomic mass is 10.4. The first-order valence-corrected chi connectivity index (χ1v) is 4.65. The number of nitrogens with zero attached hydrogens (tertiary/aromatic N) is 2. The molecule has 0 unspecified atom stereocenters. The molecule has 0 saturated carbocycles. The average molecular weight is 246 g/mol. The fourth-order valence-corrected chi connectivity index (χ4v) is 1.65. The van der Waals surface area contributed by atoms with E-state index in [0.29, 0.717) is 5.02 Å². The molecule has 2 aromatic rings. The van der Waals surface area contributed by atoms with Gasteiger partial charge in [0.1, 0.15) is 0 Å². The zero-order chi connectivity index (χ0) is 8.72. The number of hydrogen-bond donors (Lipinski definition) is 0. The summed E-state index contributed by atoms with van der Waals surface area (Å²) in [6.45, 7) is 1.94. The predicted molar refractivity (Wildman–Crippen MR) is 52.6 cm³/mol. The molecular weight excluding hydrogens is 239 g/mol. The van der Waals surface area contributed by atoms with Crippen LogP contribution in [0.25, 0.3) is 5.52 Å². The second-order valence-corrected chi connectivity index (χ2v) is 3.83. The molecule has 12 heavy (non-hydrogen) atoms. The van der Waals surface area contributed by atoms with Gasteiger partial charge in [-0.15, -0.1) is 0 Å². The third kappa shape index (κ3) is 1.13. The Balaban J connectivity index is 2.89. The summed E-state index contributed by atoms with van der Waals surface area (Å²) in [7, 11) is 0. The lowest BCUT2D eigenvalue weighted by molar-refractivity contribution is 0.933. The molecule has 0 aliphatic carbocycles. The molecule has 0 aromatic carbocycles. The van der Waals surface area contributed by atoms with Gasteiger partial charge in [0.15, 0.2) is 0 Å². The van der Waals surface area contributed by atoms with Gasteiger partial charge in [-0.1, -0.05) is 11.6 Å². The van der Waals surface area contributed by atoms with Crippen LogP contribution in [0.3, 0.4) is 0 Å². The Morgan fingerprint density at radius 3 is 3.08 bits per heavy atom. The first kappa shape index (κ1) is 8.08. The summed E-state index contributed by atoms with van der Waals surface area (Å²) >= 11 is 9.38. The van der Waals surface area contributed by atoms with Crippen molar-refractivity contribution in [1.29, 1.82) is 0 Å². The van der Waals surface area contributed by atoms with E-state index in [2.05, 4.69) is 21.0 Å². The van der Waals surface area contributed by atoms with Crippen molar-refractivity contribution in [2.24, 2.45) is 0 Å². The van der Waals surface area contributed by atoms with Gasteiger partial charge < -0.3 is 0 Å². The molecular formula is C8H6BrClN2. The summed E-state index contributed by atoms with van der Waals surface area (Å²) < 4.78 is 2.67. The zero-order valence-corrected chi connectivity index (χ0v) is 8.72. The summed E-state index contributed by atoms with van der Waals surface area (Å²) in [4.78, 5) is 0. The van der Waals surface area contributed by atoms with Crippen molar-refractivity contribution < 1.29 is 0 Å². The van der Waals surface area contributed by atoms with Gasteiger partial charge in [0.25, 0.3) is 0 Å². The van der Waals surface area contributed by atoms with Crippen LogP contribution in [0.1, 0.15) is 5.69 Å². The Hall–Kier alpha value is -0.540. The fraction of sp³-hybridized carbons (Fsp3) is 0.125. The van der Waals surface area contributed by atoms with E-state index < -0.39 is 0 Å². The van der Waals surface area contributed by atoms with E-state index >= 15 is 0 Å². The molecule has 0 aliphatic rings. The Kier molecular flexibility index (Phi) is 1.85. The molecule has 2 rings (SSSR count). The Bertz CT molecular complexity index is 436. The molecule has 0 N–H and O–H groups in total. The van der Waals surface area contributed by atoms with Gasteiger partial charge in [0.2, 0.25) is 0 Å². The number of hydrogen-bond acceptors (Lipinski definition) is 1. The molecule has 0 aliphatic heterocycles. The molecule has 2 aromatic heterocycles. The van der Waals surface area contributed by atoms with Gasteiger partial charge in [-0.2, -0.15) is 5.10 Å². The second-order valence-electron chi connectivity index (χ2n) is 2.59. The van der Waals surface area contributed by atoms with E-state index in [0.717, 1.165) is 15.7 Å². The van der Waals surface area contributed by atoms with E-state index in [1.807, 2.05) is 25.3 Å². The first-order chi connectivity index (χ1) is 5.68. The number of pyridine rings is 1. The van der Waals surface area contributed by atoms with Crippen LogP contribution in [0, 0.1) is 6.92 Å². The smallest absolute Gasteiger partial charge is 0.0862 e. The number of rotatable bonds is 0. The Labute approximate surface area is 83.3 Å². The van der Waals surface area contributed by atoms with Gasteiger partial charge in [0.05, 0.1) is 16.2 Å². The number of fused-ring (bicyclic) bond motifs is 1. The summed E-state index contributed by atoms with van der Waals surface area (Å²) in [5.74, 6) is 0. The standard InChI is InChI=1S/C8H6BrClN2/c1-5-4-7-8(10)6(9)2-3-12(7)11-5/h2-4H,1H3. The van der Waals surface area contributed by atoms with Crippen molar-refractivity contribution in [3.05, 3.63) is 33.5 Å². The quantitative estimate of drug-likeness (QED) is 0.697. The van der Waals surface area contributed by atoms with Crippen LogP contribution in [0.4, 0.5) is 0 Å². The van der Waals surface area contributed by atoms with Crippen LogP contribution in [-0.2, 0) is 0 Å². The second kappa shape index (κ2) is 2.75.